The molecule has 0 aliphatic carbocycles. The zero-order valence-corrected chi connectivity index (χ0v) is 20.2. The molecular formula is C27H29N5O3. The number of amides is 1. The van der Waals surface area contributed by atoms with E-state index in [-0.39, 0.29) is 5.91 Å². The van der Waals surface area contributed by atoms with Gasteiger partial charge in [-0.05, 0) is 49.9 Å². The van der Waals surface area contributed by atoms with Crippen LogP contribution in [0.2, 0.25) is 0 Å². The Morgan fingerprint density at radius 1 is 1.17 bits per heavy atom. The number of aromatic nitrogens is 4. The maximum atomic E-state index is 11.7. The van der Waals surface area contributed by atoms with Crippen molar-refractivity contribution in [1.82, 2.24) is 25.1 Å². The highest BCUT2D eigenvalue weighted by Gasteiger charge is 2.24. The number of benzene rings is 1. The number of piperidine rings is 1. The number of nitrogens with one attached hydrogen (secondary N) is 1. The first-order chi connectivity index (χ1) is 17.0. The number of nitrogens with zero attached hydrogens (tertiary/aromatic N) is 4. The fourth-order valence-electron chi connectivity index (χ4n) is 4.80. The van der Waals surface area contributed by atoms with Crippen LogP contribution in [0.4, 0.5) is 0 Å². The number of aryl methyl sites for hydroxylation is 1. The minimum absolute atomic E-state index is 0.207. The number of ether oxygens (including phenoxy) is 1. The molecule has 8 nitrogen and oxygen atoms in total. The number of fused-ring (bicyclic) bond motifs is 1. The number of aliphatic hydroxyl groups excluding tert-OH is 1. The Kier molecular flexibility index (Phi) is 6.21. The standard InChI is InChI=1S/C27H29N5O3/c1-16-5-4-6-20(17(16)2)26-23(35-3)13-22-27(29-26)25(31-30-22)19-7-8-21(28-14-19)18-9-11-32(12-10-18)24(34)15-33/h4-8,13-14,18,33H,9-12,15H2,1-3H3,(H,30,31). The highest BCUT2D eigenvalue weighted by molar-refractivity contribution is 5.92. The third-order valence-electron chi connectivity index (χ3n) is 7.04. The molecule has 3 aromatic heterocycles. The van der Waals surface area contributed by atoms with Gasteiger partial charge in [-0.2, -0.15) is 5.10 Å². The monoisotopic (exact) mass is 471 g/mol. The number of H-pyrrole nitrogens is 1. The third kappa shape index (κ3) is 4.25. The number of rotatable bonds is 5. The molecule has 8 heteroatoms. The van der Waals surface area contributed by atoms with Crippen molar-refractivity contribution in [2.45, 2.75) is 32.6 Å². The van der Waals surface area contributed by atoms with Crippen LogP contribution < -0.4 is 4.74 Å². The van der Waals surface area contributed by atoms with Crippen LogP contribution in [0.3, 0.4) is 0 Å². The van der Waals surface area contributed by atoms with Crippen molar-refractivity contribution >= 4 is 16.9 Å². The summed E-state index contributed by atoms with van der Waals surface area (Å²) in [6, 6.07) is 12.2. The van der Waals surface area contributed by atoms with Gasteiger partial charge in [-0.15, -0.1) is 0 Å². The lowest BCUT2D eigenvalue weighted by Crippen LogP contribution is -2.39. The molecule has 0 unspecified atom stereocenters. The van der Waals surface area contributed by atoms with Crippen molar-refractivity contribution < 1.29 is 14.6 Å². The van der Waals surface area contributed by atoms with Gasteiger partial charge in [0.15, 0.2) is 0 Å². The Morgan fingerprint density at radius 2 is 1.97 bits per heavy atom. The first-order valence-corrected chi connectivity index (χ1v) is 11.8. The summed E-state index contributed by atoms with van der Waals surface area (Å²) in [5.74, 6) is 0.781. The first-order valence-electron chi connectivity index (χ1n) is 11.8. The molecule has 1 aliphatic rings. The van der Waals surface area contributed by atoms with Gasteiger partial charge in [0.05, 0.1) is 12.6 Å². The molecule has 5 rings (SSSR count). The summed E-state index contributed by atoms with van der Waals surface area (Å²) < 4.78 is 5.67. The SMILES string of the molecule is COc1cc2[nH]nc(-c3ccc(C4CCN(C(=O)CO)CC4)nc3)c2nc1-c1cccc(C)c1C. The lowest BCUT2D eigenvalue weighted by Gasteiger charge is -2.31. The molecule has 1 aliphatic heterocycles. The van der Waals surface area contributed by atoms with E-state index in [0.29, 0.717) is 24.8 Å². The van der Waals surface area contributed by atoms with E-state index in [4.69, 9.17) is 19.8 Å². The van der Waals surface area contributed by atoms with E-state index in [1.165, 1.54) is 11.1 Å². The molecule has 0 saturated carbocycles. The van der Waals surface area contributed by atoms with E-state index < -0.39 is 6.61 Å². The van der Waals surface area contributed by atoms with Crippen molar-refractivity contribution in [1.29, 1.82) is 0 Å². The average molecular weight is 472 g/mol. The van der Waals surface area contributed by atoms with Gasteiger partial charge in [-0.1, -0.05) is 18.2 Å². The summed E-state index contributed by atoms with van der Waals surface area (Å²) in [4.78, 5) is 23.2. The number of aromatic amines is 1. The van der Waals surface area contributed by atoms with Crippen LogP contribution in [0.25, 0.3) is 33.5 Å². The molecular weight excluding hydrogens is 442 g/mol. The number of hydrogen-bond acceptors (Lipinski definition) is 6. The Bertz CT molecular complexity index is 1370. The van der Waals surface area contributed by atoms with Gasteiger partial charge in [-0.25, -0.2) is 4.98 Å². The lowest BCUT2D eigenvalue weighted by atomic mass is 9.92. The smallest absolute Gasteiger partial charge is 0.248 e. The predicted molar refractivity (Wildman–Crippen MR) is 134 cm³/mol. The Labute approximate surface area is 204 Å². The molecule has 0 radical (unpaired) electrons. The van der Waals surface area contributed by atoms with Crippen LogP contribution in [0.15, 0.2) is 42.6 Å². The van der Waals surface area contributed by atoms with Gasteiger partial charge in [0.1, 0.15) is 29.3 Å². The minimum Gasteiger partial charge on any atom is -0.494 e. The van der Waals surface area contributed by atoms with Crippen LogP contribution >= 0.6 is 0 Å². The maximum absolute atomic E-state index is 11.7. The molecule has 180 valence electrons. The van der Waals surface area contributed by atoms with Crippen molar-refractivity contribution in [3.63, 3.8) is 0 Å². The number of hydrogen-bond donors (Lipinski definition) is 2. The van der Waals surface area contributed by atoms with Gasteiger partial charge >= 0.3 is 0 Å². The zero-order chi connectivity index (χ0) is 24.5. The van der Waals surface area contributed by atoms with E-state index >= 15 is 0 Å². The summed E-state index contributed by atoms with van der Waals surface area (Å²) in [6.07, 6.45) is 3.52. The molecule has 4 aromatic rings. The fourth-order valence-corrected chi connectivity index (χ4v) is 4.80. The maximum Gasteiger partial charge on any atom is 0.248 e. The van der Waals surface area contributed by atoms with Gasteiger partial charge in [0, 0.05) is 48.1 Å². The molecule has 1 amide bonds. The molecule has 1 saturated heterocycles. The zero-order valence-electron chi connectivity index (χ0n) is 20.2. The number of carbonyl (C=O) groups is 1. The normalized spacial score (nSPS) is 14.5. The van der Waals surface area contributed by atoms with Crippen molar-refractivity contribution in [3.05, 3.63) is 59.4 Å². The number of methoxy groups -OCH3 is 1. The third-order valence-corrected chi connectivity index (χ3v) is 7.04. The second kappa shape index (κ2) is 9.46. The van der Waals surface area contributed by atoms with Crippen LogP contribution in [-0.4, -0.2) is 62.9 Å². The number of aliphatic hydroxyl groups is 1. The first kappa shape index (κ1) is 23.0. The van der Waals surface area contributed by atoms with E-state index in [9.17, 15) is 4.79 Å². The molecule has 0 atom stereocenters. The Morgan fingerprint density at radius 3 is 2.66 bits per heavy atom. The van der Waals surface area contributed by atoms with Gasteiger partial charge < -0.3 is 14.7 Å². The summed E-state index contributed by atoms with van der Waals surface area (Å²) in [6.45, 7) is 5.04. The molecule has 0 spiro atoms. The van der Waals surface area contributed by atoms with E-state index in [1.54, 1.807) is 12.0 Å². The van der Waals surface area contributed by atoms with Gasteiger partial charge in [0.25, 0.3) is 0 Å². The van der Waals surface area contributed by atoms with Crippen molar-refractivity contribution in [2.24, 2.45) is 0 Å². The molecule has 35 heavy (non-hydrogen) atoms. The number of pyridine rings is 2. The van der Waals surface area contributed by atoms with Crippen molar-refractivity contribution in [2.75, 3.05) is 26.8 Å². The fraction of sp³-hybridized carbons (Fsp3) is 0.333. The number of carbonyl (C=O) groups excluding carboxylic acids is 1. The summed E-state index contributed by atoms with van der Waals surface area (Å²) in [5.41, 5.74) is 8.41. The summed E-state index contributed by atoms with van der Waals surface area (Å²) in [7, 11) is 1.65. The lowest BCUT2D eigenvalue weighted by molar-refractivity contribution is -0.135. The largest absolute Gasteiger partial charge is 0.494 e. The highest BCUT2D eigenvalue weighted by Crippen LogP contribution is 2.36. The minimum atomic E-state index is -0.430. The molecule has 4 heterocycles. The van der Waals surface area contributed by atoms with Crippen LogP contribution in [0.5, 0.6) is 5.75 Å². The van der Waals surface area contributed by atoms with Gasteiger partial charge in [0.2, 0.25) is 5.91 Å². The van der Waals surface area contributed by atoms with Crippen molar-refractivity contribution in [3.8, 4) is 28.3 Å². The topological polar surface area (TPSA) is 104 Å². The van der Waals surface area contributed by atoms with Gasteiger partial charge in [-0.3, -0.25) is 14.9 Å². The Hall–Kier alpha value is -3.78. The van der Waals surface area contributed by atoms with Crippen LogP contribution in [0, 0.1) is 13.8 Å². The summed E-state index contributed by atoms with van der Waals surface area (Å²) in [5, 5.41) is 16.7. The molecule has 2 N–H and O–H groups in total. The van der Waals surface area contributed by atoms with Crippen LogP contribution in [0.1, 0.15) is 35.6 Å². The Balaban J connectivity index is 1.46. The quantitative estimate of drug-likeness (QED) is 0.456. The molecule has 0 bridgehead atoms. The second-order valence-corrected chi connectivity index (χ2v) is 9.04. The average Bonchev–Trinajstić information content (AvgIpc) is 3.32. The van der Waals surface area contributed by atoms with E-state index in [1.807, 2.05) is 30.5 Å². The molecule has 1 aromatic carbocycles. The predicted octanol–water partition coefficient (Wildman–Crippen LogP) is 4.01. The number of likely N-dealkylation sites (tertiary alicyclic amines) is 1. The molecule has 1 fully saturated rings. The van der Waals surface area contributed by atoms with E-state index in [0.717, 1.165) is 52.1 Å². The second-order valence-electron chi connectivity index (χ2n) is 9.04. The summed E-state index contributed by atoms with van der Waals surface area (Å²) >= 11 is 0. The van der Waals surface area contributed by atoms with E-state index in [2.05, 4.69) is 36.2 Å². The highest BCUT2D eigenvalue weighted by atomic mass is 16.5. The van der Waals surface area contributed by atoms with Crippen LogP contribution in [-0.2, 0) is 4.79 Å².